The molecular weight excluding hydrogens is 214 g/mol. The molecule has 0 aliphatic heterocycles. The second-order valence-corrected chi connectivity index (χ2v) is 6.89. The fraction of sp³-hybridized carbons (Fsp3) is 0.714. The Morgan fingerprint density at radius 3 is 2.75 bits per heavy atom. The lowest BCUT2D eigenvalue weighted by molar-refractivity contribution is 0.443. The standard InChI is InChI=1S/C14H19NS/c1-2-11(16-5-1)7-15-8-12-13-9-3-4-10(6-9)14(12)13/h1-2,5,9-10,12-15H,3-4,6-8H2. The molecule has 0 aromatic carbocycles. The maximum absolute atomic E-state index is 3.66. The van der Waals surface area contributed by atoms with Gasteiger partial charge in [-0.3, -0.25) is 0 Å². The van der Waals surface area contributed by atoms with Crippen molar-refractivity contribution < 1.29 is 0 Å². The second-order valence-electron chi connectivity index (χ2n) is 5.86. The van der Waals surface area contributed by atoms with Gasteiger partial charge in [-0.2, -0.15) is 0 Å². The summed E-state index contributed by atoms with van der Waals surface area (Å²) < 4.78 is 0. The van der Waals surface area contributed by atoms with Crippen molar-refractivity contribution in [3.63, 3.8) is 0 Å². The highest BCUT2D eigenvalue weighted by Gasteiger charge is 2.64. The van der Waals surface area contributed by atoms with Crippen LogP contribution in [0.1, 0.15) is 24.1 Å². The number of hydrogen-bond acceptors (Lipinski definition) is 2. The SMILES string of the molecule is c1csc(CNCC2C3C4CCC(C4)C23)c1. The third-order valence-electron chi connectivity index (χ3n) is 5.15. The molecule has 4 rings (SSSR count). The van der Waals surface area contributed by atoms with Gasteiger partial charge in [-0.1, -0.05) is 6.07 Å². The van der Waals surface area contributed by atoms with Crippen LogP contribution >= 0.6 is 11.3 Å². The number of hydrogen-bond donors (Lipinski definition) is 1. The van der Waals surface area contributed by atoms with Crippen LogP contribution in [0, 0.1) is 29.6 Å². The summed E-state index contributed by atoms with van der Waals surface area (Å²) in [6.07, 6.45) is 4.68. The Labute approximate surface area is 101 Å². The van der Waals surface area contributed by atoms with Crippen LogP contribution in [0.2, 0.25) is 0 Å². The monoisotopic (exact) mass is 233 g/mol. The molecule has 0 spiro atoms. The predicted molar refractivity (Wildman–Crippen MR) is 67.3 cm³/mol. The summed E-state index contributed by atoms with van der Waals surface area (Å²) >= 11 is 1.87. The second kappa shape index (κ2) is 3.58. The molecule has 3 fully saturated rings. The molecular formula is C14H19NS. The molecule has 1 aromatic heterocycles. The normalized spacial score (nSPS) is 43.6. The summed E-state index contributed by atoms with van der Waals surface area (Å²) in [5.74, 6) is 5.57. The number of nitrogens with one attached hydrogen (secondary N) is 1. The molecule has 1 aromatic rings. The molecule has 0 amide bonds. The molecule has 4 unspecified atom stereocenters. The highest BCUT2D eigenvalue weighted by atomic mass is 32.1. The summed E-state index contributed by atoms with van der Waals surface area (Å²) in [7, 11) is 0. The first-order valence-electron chi connectivity index (χ1n) is 6.66. The van der Waals surface area contributed by atoms with Gasteiger partial charge in [0.15, 0.2) is 0 Å². The molecule has 3 saturated carbocycles. The summed E-state index contributed by atoms with van der Waals surface area (Å²) in [5, 5.41) is 5.83. The first-order valence-corrected chi connectivity index (χ1v) is 7.54. The third-order valence-corrected chi connectivity index (χ3v) is 6.03. The predicted octanol–water partition coefficient (Wildman–Crippen LogP) is 3.13. The summed E-state index contributed by atoms with van der Waals surface area (Å²) in [6.45, 7) is 2.36. The molecule has 2 bridgehead atoms. The van der Waals surface area contributed by atoms with Crippen LogP contribution in [0.15, 0.2) is 17.5 Å². The smallest absolute Gasteiger partial charge is 0.0299 e. The van der Waals surface area contributed by atoms with Gasteiger partial charge in [0.05, 0.1) is 0 Å². The molecule has 1 nitrogen and oxygen atoms in total. The Balaban J connectivity index is 1.29. The Bertz CT molecular complexity index is 356. The first-order chi connectivity index (χ1) is 7.93. The van der Waals surface area contributed by atoms with Crippen LogP contribution in [0.5, 0.6) is 0 Å². The average Bonchev–Trinajstić information content (AvgIpc) is 2.77. The van der Waals surface area contributed by atoms with E-state index in [1.165, 1.54) is 11.4 Å². The quantitative estimate of drug-likeness (QED) is 0.842. The fourth-order valence-corrected chi connectivity index (χ4v) is 5.23. The molecule has 16 heavy (non-hydrogen) atoms. The average molecular weight is 233 g/mol. The van der Waals surface area contributed by atoms with E-state index in [1.807, 2.05) is 11.3 Å². The fourth-order valence-electron chi connectivity index (χ4n) is 4.56. The van der Waals surface area contributed by atoms with Gasteiger partial charge in [0.2, 0.25) is 0 Å². The zero-order chi connectivity index (χ0) is 10.5. The van der Waals surface area contributed by atoms with E-state index < -0.39 is 0 Å². The van der Waals surface area contributed by atoms with E-state index >= 15 is 0 Å². The minimum atomic E-state index is 1.05. The molecule has 3 aliphatic carbocycles. The molecule has 86 valence electrons. The third kappa shape index (κ3) is 1.39. The molecule has 3 aliphatic rings. The van der Waals surface area contributed by atoms with Crippen LogP contribution in [-0.4, -0.2) is 6.54 Å². The lowest BCUT2D eigenvalue weighted by Gasteiger charge is -2.08. The molecule has 1 N–H and O–H groups in total. The van der Waals surface area contributed by atoms with Gasteiger partial charge in [0.25, 0.3) is 0 Å². The molecule has 0 saturated heterocycles. The van der Waals surface area contributed by atoms with E-state index in [0.29, 0.717) is 0 Å². The number of thiophene rings is 1. The number of rotatable bonds is 4. The zero-order valence-electron chi connectivity index (χ0n) is 9.56. The van der Waals surface area contributed by atoms with Crippen LogP contribution in [0.3, 0.4) is 0 Å². The van der Waals surface area contributed by atoms with Crippen LogP contribution < -0.4 is 5.32 Å². The van der Waals surface area contributed by atoms with Crippen molar-refractivity contribution in [2.24, 2.45) is 29.6 Å². The molecule has 0 radical (unpaired) electrons. The maximum atomic E-state index is 3.66. The Morgan fingerprint density at radius 2 is 2.06 bits per heavy atom. The molecule has 2 heteroatoms. The molecule has 1 heterocycles. The van der Waals surface area contributed by atoms with Gasteiger partial charge in [-0.15, -0.1) is 11.3 Å². The van der Waals surface area contributed by atoms with E-state index in [-0.39, 0.29) is 0 Å². The van der Waals surface area contributed by atoms with E-state index in [1.54, 1.807) is 19.3 Å². The highest BCUT2D eigenvalue weighted by Crippen LogP contribution is 2.69. The van der Waals surface area contributed by atoms with E-state index in [2.05, 4.69) is 22.8 Å². The maximum Gasteiger partial charge on any atom is 0.0299 e. The lowest BCUT2D eigenvalue weighted by atomic mass is 10.0. The van der Waals surface area contributed by atoms with Gasteiger partial charge < -0.3 is 5.32 Å². The van der Waals surface area contributed by atoms with Gasteiger partial charge in [0, 0.05) is 11.4 Å². The van der Waals surface area contributed by atoms with Crippen LogP contribution in [0.4, 0.5) is 0 Å². The van der Waals surface area contributed by atoms with Crippen molar-refractivity contribution in [2.45, 2.75) is 25.8 Å². The minimum Gasteiger partial charge on any atom is -0.312 e. The summed E-state index contributed by atoms with van der Waals surface area (Å²) in [6, 6.07) is 4.38. The lowest BCUT2D eigenvalue weighted by Crippen LogP contribution is -2.18. The first kappa shape index (κ1) is 9.67. The molecule has 4 atom stereocenters. The minimum absolute atomic E-state index is 1.05. The van der Waals surface area contributed by atoms with Gasteiger partial charge in [0.1, 0.15) is 0 Å². The van der Waals surface area contributed by atoms with Crippen molar-refractivity contribution in [2.75, 3.05) is 6.54 Å². The Kier molecular flexibility index (Phi) is 2.16. The topological polar surface area (TPSA) is 12.0 Å². The van der Waals surface area contributed by atoms with E-state index in [4.69, 9.17) is 0 Å². The van der Waals surface area contributed by atoms with Crippen LogP contribution in [0.25, 0.3) is 0 Å². The van der Waals surface area contributed by atoms with Crippen molar-refractivity contribution in [1.29, 1.82) is 0 Å². The largest absolute Gasteiger partial charge is 0.312 e. The summed E-state index contributed by atoms with van der Waals surface area (Å²) in [5.41, 5.74) is 0. The zero-order valence-corrected chi connectivity index (χ0v) is 10.4. The Hall–Kier alpha value is -0.340. The summed E-state index contributed by atoms with van der Waals surface area (Å²) in [4.78, 5) is 1.48. The van der Waals surface area contributed by atoms with Gasteiger partial charge in [-0.25, -0.2) is 0 Å². The highest BCUT2D eigenvalue weighted by molar-refractivity contribution is 7.09. The van der Waals surface area contributed by atoms with E-state index in [9.17, 15) is 0 Å². The van der Waals surface area contributed by atoms with E-state index in [0.717, 1.165) is 36.1 Å². The van der Waals surface area contributed by atoms with Crippen molar-refractivity contribution in [3.8, 4) is 0 Å². The van der Waals surface area contributed by atoms with Crippen molar-refractivity contribution in [3.05, 3.63) is 22.4 Å². The van der Waals surface area contributed by atoms with Gasteiger partial charge in [-0.05, 0) is 66.8 Å². The number of fused-ring (bicyclic) bond motifs is 5. The van der Waals surface area contributed by atoms with Gasteiger partial charge >= 0.3 is 0 Å². The van der Waals surface area contributed by atoms with Crippen LogP contribution in [-0.2, 0) is 6.54 Å². The Morgan fingerprint density at radius 1 is 1.25 bits per heavy atom. The van der Waals surface area contributed by atoms with Crippen molar-refractivity contribution in [1.82, 2.24) is 5.32 Å². The van der Waals surface area contributed by atoms with Crippen molar-refractivity contribution >= 4 is 11.3 Å².